The lowest BCUT2D eigenvalue weighted by Crippen LogP contribution is -1.93. The lowest BCUT2D eigenvalue weighted by Gasteiger charge is -1.97. The first-order valence-corrected chi connectivity index (χ1v) is 3.94. The predicted molar refractivity (Wildman–Crippen MR) is 46.1 cm³/mol. The van der Waals surface area contributed by atoms with Crippen LogP contribution in [0.1, 0.15) is 10.4 Å². The number of halogens is 2. The van der Waals surface area contributed by atoms with Crippen LogP contribution in [0.4, 0.5) is 10.1 Å². The van der Waals surface area contributed by atoms with Gasteiger partial charge >= 0.3 is 0 Å². The molecule has 4 nitrogen and oxygen atoms in total. The Hall–Kier alpha value is -1.30. The third-order valence-corrected chi connectivity index (χ3v) is 2.22. The standard InChI is InChI=1S/C7H3BrFNO3/c8-7-4(3-11)1-5(10(12)13)2-6(7)9/h1-3H. The van der Waals surface area contributed by atoms with Crippen molar-refractivity contribution in [2.45, 2.75) is 0 Å². The van der Waals surface area contributed by atoms with Crippen molar-refractivity contribution in [2.24, 2.45) is 0 Å². The molecule has 0 bridgehead atoms. The monoisotopic (exact) mass is 247 g/mol. The largest absolute Gasteiger partial charge is 0.298 e. The maximum absolute atomic E-state index is 12.9. The predicted octanol–water partition coefficient (Wildman–Crippen LogP) is 2.31. The third-order valence-electron chi connectivity index (χ3n) is 1.38. The van der Waals surface area contributed by atoms with Gasteiger partial charge in [-0.25, -0.2) is 4.39 Å². The molecule has 0 spiro atoms. The Morgan fingerprint density at radius 1 is 1.54 bits per heavy atom. The Morgan fingerprint density at radius 2 is 2.15 bits per heavy atom. The zero-order valence-electron chi connectivity index (χ0n) is 6.16. The quantitative estimate of drug-likeness (QED) is 0.458. The lowest BCUT2D eigenvalue weighted by molar-refractivity contribution is -0.385. The van der Waals surface area contributed by atoms with Gasteiger partial charge in [0.1, 0.15) is 5.82 Å². The minimum absolute atomic E-state index is 0.0619. The second kappa shape index (κ2) is 3.61. The molecule has 0 aromatic heterocycles. The van der Waals surface area contributed by atoms with Crippen molar-refractivity contribution < 1.29 is 14.1 Å². The first-order valence-electron chi connectivity index (χ1n) is 3.15. The van der Waals surface area contributed by atoms with E-state index < -0.39 is 16.4 Å². The molecular formula is C7H3BrFNO3. The SMILES string of the molecule is O=Cc1cc([N+](=O)[O-])cc(F)c1Br. The Bertz CT molecular complexity index is 380. The number of hydrogen-bond acceptors (Lipinski definition) is 3. The summed E-state index contributed by atoms with van der Waals surface area (Å²) < 4.78 is 12.8. The van der Waals surface area contributed by atoms with Gasteiger partial charge in [-0.2, -0.15) is 0 Å². The van der Waals surface area contributed by atoms with Crippen LogP contribution >= 0.6 is 15.9 Å². The molecule has 0 saturated heterocycles. The number of non-ortho nitro benzene ring substituents is 1. The summed E-state index contributed by atoms with van der Waals surface area (Å²) in [5, 5.41) is 10.2. The Labute approximate surface area is 80.6 Å². The van der Waals surface area contributed by atoms with Gasteiger partial charge in [-0.05, 0) is 15.9 Å². The molecule has 0 aliphatic heterocycles. The first kappa shape index (κ1) is 9.79. The average Bonchev–Trinajstić information content (AvgIpc) is 2.09. The number of carbonyl (C=O) groups is 1. The Kier molecular flexibility index (Phi) is 2.72. The molecule has 0 amide bonds. The summed E-state index contributed by atoms with van der Waals surface area (Å²) in [6.07, 6.45) is 0.347. The number of nitrogens with zero attached hydrogens (tertiary/aromatic N) is 1. The highest BCUT2D eigenvalue weighted by Gasteiger charge is 2.14. The smallest absolute Gasteiger partial charge is 0.273 e. The van der Waals surface area contributed by atoms with Crippen LogP contribution in [0.25, 0.3) is 0 Å². The third kappa shape index (κ3) is 1.89. The first-order chi connectivity index (χ1) is 6.06. The fraction of sp³-hybridized carbons (Fsp3) is 0. The molecule has 6 heteroatoms. The van der Waals surface area contributed by atoms with E-state index in [4.69, 9.17) is 0 Å². The summed E-state index contributed by atoms with van der Waals surface area (Å²) >= 11 is 2.79. The molecule has 0 atom stereocenters. The summed E-state index contributed by atoms with van der Waals surface area (Å²) in [6, 6.07) is 1.75. The highest BCUT2D eigenvalue weighted by molar-refractivity contribution is 9.10. The van der Waals surface area contributed by atoms with Gasteiger partial charge in [0.25, 0.3) is 5.69 Å². The number of aldehydes is 1. The summed E-state index contributed by atoms with van der Waals surface area (Å²) in [5.74, 6) is -0.823. The van der Waals surface area contributed by atoms with Crippen molar-refractivity contribution in [3.63, 3.8) is 0 Å². The van der Waals surface area contributed by atoms with E-state index in [0.717, 1.165) is 12.1 Å². The van der Waals surface area contributed by atoms with Crippen LogP contribution in [0, 0.1) is 15.9 Å². The number of benzene rings is 1. The van der Waals surface area contributed by atoms with Crippen molar-refractivity contribution in [1.29, 1.82) is 0 Å². The summed E-state index contributed by atoms with van der Waals surface area (Å²) in [4.78, 5) is 19.8. The van der Waals surface area contributed by atoms with Crippen LogP contribution in [0.15, 0.2) is 16.6 Å². The van der Waals surface area contributed by atoms with E-state index in [-0.39, 0.29) is 10.0 Å². The number of nitro groups is 1. The van der Waals surface area contributed by atoms with Crippen molar-refractivity contribution >= 4 is 27.9 Å². The van der Waals surface area contributed by atoms with E-state index >= 15 is 0 Å². The highest BCUT2D eigenvalue weighted by atomic mass is 79.9. The molecule has 13 heavy (non-hydrogen) atoms. The van der Waals surface area contributed by atoms with E-state index in [0.29, 0.717) is 6.29 Å². The maximum Gasteiger partial charge on any atom is 0.273 e. The van der Waals surface area contributed by atoms with E-state index in [9.17, 15) is 19.3 Å². The van der Waals surface area contributed by atoms with E-state index in [1.165, 1.54) is 0 Å². The van der Waals surface area contributed by atoms with E-state index in [2.05, 4.69) is 15.9 Å². The molecule has 0 saturated carbocycles. The van der Waals surface area contributed by atoms with Crippen LogP contribution in [-0.2, 0) is 0 Å². The molecule has 0 heterocycles. The van der Waals surface area contributed by atoms with Crippen molar-refractivity contribution in [3.8, 4) is 0 Å². The highest BCUT2D eigenvalue weighted by Crippen LogP contribution is 2.24. The second-order valence-electron chi connectivity index (χ2n) is 2.21. The molecule has 0 aliphatic rings. The fourth-order valence-corrected chi connectivity index (χ4v) is 1.11. The topological polar surface area (TPSA) is 60.2 Å². The summed E-state index contributed by atoms with van der Waals surface area (Å²) in [7, 11) is 0. The molecule has 0 N–H and O–H groups in total. The molecule has 1 rings (SSSR count). The van der Waals surface area contributed by atoms with Gasteiger partial charge in [-0.3, -0.25) is 14.9 Å². The van der Waals surface area contributed by atoms with Crippen molar-refractivity contribution in [2.75, 3.05) is 0 Å². The molecular weight excluding hydrogens is 245 g/mol. The van der Waals surface area contributed by atoms with Gasteiger partial charge in [0.05, 0.1) is 15.5 Å². The molecule has 1 aromatic rings. The number of carbonyl (C=O) groups excluding carboxylic acids is 1. The molecule has 68 valence electrons. The zero-order valence-corrected chi connectivity index (χ0v) is 7.75. The fourth-order valence-electron chi connectivity index (χ4n) is 0.787. The van der Waals surface area contributed by atoms with Gasteiger partial charge in [0, 0.05) is 11.6 Å². The zero-order chi connectivity index (χ0) is 10.0. The number of nitro benzene ring substituents is 1. The molecule has 0 aliphatic carbocycles. The van der Waals surface area contributed by atoms with Crippen molar-refractivity contribution in [1.82, 2.24) is 0 Å². The number of rotatable bonds is 2. The second-order valence-corrected chi connectivity index (χ2v) is 3.00. The minimum atomic E-state index is -0.823. The van der Waals surface area contributed by atoms with Gasteiger partial charge < -0.3 is 0 Å². The average molecular weight is 248 g/mol. The van der Waals surface area contributed by atoms with Crippen molar-refractivity contribution in [3.05, 3.63) is 38.1 Å². The normalized spacial score (nSPS) is 9.69. The van der Waals surface area contributed by atoms with E-state index in [1.807, 2.05) is 0 Å². The van der Waals surface area contributed by atoms with E-state index in [1.54, 1.807) is 0 Å². The van der Waals surface area contributed by atoms with Crippen LogP contribution in [-0.4, -0.2) is 11.2 Å². The molecule has 0 fully saturated rings. The molecule has 0 unspecified atom stereocenters. The maximum atomic E-state index is 12.9. The minimum Gasteiger partial charge on any atom is -0.298 e. The lowest BCUT2D eigenvalue weighted by atomic mass is 10.2. The Balaban J connectivity index is 3.38. The van der Waals surface area contributed by atoms with Crippen LogP contribution in [0.3, 0.4) is 0 Å². The summed E-state index contributed by atoms with van der Waals surface area (Å²) in [6.45, 7) is 0. The van der Waals surface area contributed by atoms with Crippen LogP contribution in [0.5, 0.6) is 0 Å². The number of hydrogen-bond donors (Lipinski definition) is 0. The molecule has 1 aromatic carbocycles. The van der Waals surface area contributed by atoms with Gasteiger partial charge in [0.15, 0.2) is 6.29 Å². The van der Waals surface area contributed by atoms with Crippen LogP contribution in [0.2, 0.25) is 0 Å². The van der Waals surface area contributed by atoms with Gasteiger partial charge in [0.2, 0.25) is 0 Å². The summed E-state index contributed by atoms with van der Waals surface area (Å²) in [5.41, 5.74) is -0.519. The molecule has 0 radical (unpaired) electrons. The van der Waals surface area contributed by atoms with Crippen LogP contribution < -0.4 is 0 Å². The Morgan fingerprint density at radius 3 is 2.62 bits per heavy atom. The van der Waals surface area contributed by atoms with Gasteiger partial charge in [-0.1, -0.05) is 0 Å². The van der Waals surface area contributed by atoms with Gasteiger partial charge in [-0.15, -0.1) is 0 Å².